The van der Waals surface area contributed by atoms with Crippen LogP contribution in [0.4, 0.5) is 0 Å². The van der Waals surface area contributed by atoms with E-state index in [2.05, 4.69) is 5.32 Å². The summed E-state index contributed by atoms with van der Waals surface area (Å²) < 4.78 is 10.7. The second-order valence-corrected chi connectivity index (χ2v) is 3.47. The lowest BCUT2D eigenvalue weighted by atomic mass is 10.1. The highest BCUT2D eigenvalue weighted by Gasteiger charge is 2.12. The highest BCUT2D eigenvalue weighted by Crippen LogP contribution is 2.19. The molecular formula is C12H15NO2. The van der Waals surface area contributed by atoms with Crippen molar-refractivity contribution >= 4 is 0 Å². The number of rotatable bonds is 5. The molecular weight excluding hydrogens is 190 g/mol. The number of hydrogen-bond acceptors (Lipinski definition) is 3. The van der Waals surface area contributed by atoms with Crippen LogP contribution >= 0.6 is 0 Å². The second kappa shape index (κ2) is 4.84. The molecule has 2 heterocycles. The third kappa shape index (κ3) is 2.50. The van der Waals surface area contributed by atoms with Crippen LogP contribution in [0, 0.1) is 0 Å². The maximum absolute atomic E-state index is 5.36. The van der Waals surface area contributed by atoms with Gasteiger partial charge in [-0.05, 0) is 37.7 Å². The molecule has 0 saturated heterocycles. The molecule has 1 N–H and O–H groups in total. The average Bonchev–Trinajstić information content (AvgIpc) is 2.90. The summed E-state index contributed by atoms with van der Waals surface area (Å²) in [5, 5.41) is 3.23. The number of hydrogen-bond donors (Lipinski definition) is 1. The van der Waals surface area contributed by atoms with Gasteiger partial charge < -0.3 is 14.2 Å². The standard InChI is InChI=1S/C12H15NO2/c1-13-11(12-5-3-9-15-12)7-6-10-4-2-8-14-10/h2-5,8-9,11,13H,6-7H2,1H3. The van der Waals surface area contributed by atoms with Crippen LogP contribution < -0.4 is 5.32 Å². The van der Waals surface area contributed by atoms with Crippen molar-refractivity contribution in [3.63, 3.8) is 0 Å². The van der Waals surface area contributed by atoms with Gasteiger partial charge in [-0.25, -0.2) is 0 Å². The SMILES string of the molecule is CNC(CCc1ccco1)c1ccco1. The van der Waals surface area contributed by atoms with Crippen molar-refractivity contribution in [1.82, 2.24) is 5.32 Å². The third-order valence-corrected chi connectivity index (χ3v) is 2.49. The summed E-state index contributed by atoms with van der Waals surface area (Å²) in [6.07, 6.45) is 5.29. The van der Waals surface area contributed by atoms with Gasteiger partial charge in [0.2, 0.25) is 0 Å². The largest absolute Gasteiger partial charge is 0.469 e. The van der Waals surface area contributed by atoms with Crippen LogP contribution in [0.15, 0.2) is 45.6 Å². The smallest absolute Gasteiger partial charge is 0.120 e. The van der Waals surface area contributed by atoms with Crippen LogP contribution in [0.1, 0.15) is 24.0 Å². The molecule has 0 spiro atoms. The molecule has 0 amide bonds. The Bertz CT molecular complexity index is 364. The summed E-state index contributed by atoms with van der Waals surface area (Å²) in [5.41, 5.74) is 0. The van der Waals surface area contributed by atoms with E-state index in [-0.39, 0.29) is 6.04 Å². The van der Waals surface area contributed by atoms with E-state index in [0.29, 0.717) is 0 Å². The Morgan fingerprint density at radius 2 is 2.00 bits per heavy atom. The van der Waals surface area contributed by atoms with Gasteiger partial charge in [0, 0.05) is 6.42 Å². The first-order chi connectivity index (χ1) is 7.40. The Morgan fingerprint density at radius 1 is 1.20 bits per heavy atom. The number of furan rings is 2. The molecule has 80 valence electrons. The van der Waals surface area contributed by atoms with E-state index < -0.39 is 0 Å². The fraction of sp³-hybridized carbons (Fsp3) is 0.333. The van der Waals surface area contributed by atoms with Crippen LogP contribution in [0.2, 0.25) is 0 Å². The Labute approximate surface area is 89.1 Å². The molecule has 2 rings (SSSR count). The molecule has 0 aromatic carbocycles. The molecule has 3 nitrogen and oxygen atoms in total. The summed E-state index contributed by atoms with van der Waals surface area (Å²) in [7, 11) is 1.94. The topological polar surface area (TPSA) is 38.3 Å². The van der Waals surface area contributed by atoms with E-state index in [0.717, 1.165) is 24.4 Å². The van der Waals surface area contributed by atoms with E-state index in [4.69, 9.17) is 8.83 Å². The Hall–Kier alpha value is -1.48. The molecule has 1 unspecified atom stereocenters. The minimum absolute atomic E-state index is 0.255. The number of aryl methyl sites for hydroxylation is 1. The predicted octanol–water partition coefficient (Wildman–Crippen LogP) is 2.77. The first kappa shape index (κ1) is 10.1. The molecule has 0 bridgehead atoms. The van der Waals surface area contributed by atoms with Crippen LogP contribution in [0.25, 0.3) is 0 Å². The van der Waals surface area contributed by atoms with Gasteiger partial charge in [-0.1, -0.05) is 0 Å². The van der Waals surface area contributed by atoms with Crippen molar-refractivity contribution in [1.29, 1.82) is 0 Å². The molecule has 15 heavy (non-hydrogen) atoms. The van der Waals surface area contributed by atoms with E-state index in [1.165, 1.54) is 0 Å². The Kier molecular flexibility index (Phi) is 3.25. The van der Waals surface area contributed by atoms with Gasteiger partial charge in [-0.3, -0.25) is 0 Å². The molecule has 2 aromatic heterocycles. The highest BCUT2D eigenvalue weighted by atomic mass is 16.3. The van der Waals surface area contributed by atoms with Gasteiger partial charge in [0.1, 0.15) is 11.5 Å². The van der Waals surface area contributed by atoms with Crippen molar-refractivity contribution in [2.24, 2.45) is 0 Å². The maximum atomic E-state index is 5.36. The van der Waals surface area contributed by atoms with Gasteiger partial charge in [-0.2, -0.15) is 0 Å². The fourth-order valence-electron chi connectivity index (χ4n) is 1.66. The summed E-state index contributed by atoms with van der Waals surface area (Å²) in [4.78, 5) is 0. The summed E-state index contributed by atoms with van der Waals surface area (Å²) in [6.45, 7) is 0. The molecule has 0 aliphatic carbocycles. The lowest BCUT2D eigenvalue weighted by Gasteiger charge is -2.12. The van der Waals surface area contributed by atoms with E-state index in [1.807, 2.05) is 31.3 Å². The summed E-state index contributed by atoms with van der Waals surface area (Å²) in [5.74, 6) is 1.99. The zero-order chi connectivity index (χ0) is 10.5. The molecule has 0 aliphatic rings. The third-order valence-electron chi connectivity index (χ3n) is 2.49. The zero-order valence-electron chi connectivity index (χ0n) is 8.77. The van der Waals surface area contributed by atoms with E-state index in [9.17, 15) is 0 Å². The summed E-state index contributed by atoms with van der Waals surface area (Å²) in [6, 6.07) is 8.06. The predicted molar refractivity (Wildman–Crippen MR) is 57.5 cm³/mol. The molecule has 3 heteroatoms. The first-order valence-electron chi connectivity index (χ1n) is 5.13. The van der Waals surface area contributed by atoms with Crippen molar-refractivity contribution in [2.45, 2.75) is 18.9 Å². The van der Waals surface area contributed by atoms with Gasteiger partial charge in [0.05, 0.1) is 18.6 Å². The van der Waals surface area contributed by atoms with Gasteiger partial charge in [0.15, 0.2) is 0 Å². The first-order valence-corrected chi connectivity index (χ1v) is 5.13. The van der Waals surface area contributed by atoms with Crippen LogP contribution in [0.3, 0.4) is 0 Å². The maximum Gasteiger partial charge on any atom is 0.120 e. The highest BCUT2D eigenvalue weighted by molar-refractivity contribution is 5.06. The van der Waals surface area contributed by atoms with Crippen LogP contribution in [-0.2, 0) is 6.42 Å². The van der Waals surface area contributed by atoms with Gasteiger partial charge in [-0.15, -0.1) is 0 Å². The zero-order valence-corrected chi connectivity index (χ0v) is 8.77. The lowest BCUT2D eigenvalue weighted by Crippen LogP contribution is -2.16. The van der Waals surface area contributed by atoms with Crippen molar-refractivity contribution < 1.29 is 8.83 Å². The summed E-state index contributed by atoms with van der Waals surface area (Å²) >= 11 is 0. The lowest BCUT2D eigenvalue weighted by molar-refractivity contribution is 0.401. The van der Waals surface area contributed by atoms with Crippen molar-refractivity contribution in [3.8, 4) is 0 Å². The van der Waals surface area contributed by atoms with Gasteiger partial charge >= 0.3 is 0 Å². The monoisotopic (exact) mass is 205 g/mol. The normalized spacial score (nSPS) is 12.9. The molecule has 0 aliphatic heterocycles. The Morgan fingerprint density at radius 3 is 2.60 bits per heavy atom. The molecule has 1 atom stereocenters. The average molecular weight is 205 g/mol. The molecule has 0 saturated carbocycles. The van der Waals surface area contributed by atoms with Crippen LogP contribution in [-0.4, -0.2) is 7.05 Å². The quantitative estimate of drug-likeness (QED) is 0.815. The van der Waals surface area contributed by atoms with Crippen LogP contribution in [0.5, 0.6) is 0 Å². The van der Waals surface area contributed by atoms with E-state index in [1.54, 1.807) is 12.5 Å². The minimum Gasteiger partial charge on any atom is -0.469 e. The minimum atomic E-state index is 0.255. The molecule has 0 fully saturated rings. The van der Waals surface area contributed by atoms with Gasteiger partial charge in [0.25, 0.3) is 0 Å². The molecule has 0 radical (unpaired) electrons. The number of nitrogens with one attached hydrogen (secondary N) is 1. The van der Waals surface area contributed by atoms with Crippen molar-refractivity contribution in [2.75, 3.05) is 7.05 Å². The fourth-order valence-corrected chi connectivity index (χ4v) is 1.66. The van der Waals surface area contributed by atoms with Crippen molar-refractivity contribution in [3.05, 3.63) is 48.3 Å². The second-order valence-electron chi connectivity index (χ2n) is 3.47. The Balaban J connectivity index is 1.92. The molecule has 2 aromatic rings. The van der Waals surface area contributed by atoms with E-state index >= 15 is 0 Å².